The van der Waals surface area contributed by atoms with E-state index in [0.29, 0.717) is 0 Å². The van der Waals surface area contributed by atoms with E-state index < -0.39 is 18.8 Å². The zero-order chi connectivity index (χ0) is 12.9. The van der Waals surface area contributed by atoms with Crippen molar-refractivity contribution in [3.8, 4) is 0 Å². The molecule has 0 amide bonds. The fourth-order valence-corrected chi connectivity index (χ4v) is 0.952. The van der Waals surface area contributed by atoms with Crippen LogP contribution in [-0.2, 0) is 16.0 Å². The van der Waals surface area contributed by atoms with Crippen LogP contribution in [0.5, 0.6) is 0 Å². The van der Waals surface area contributed by atoms with Gasteiger partial charge in [-0.15, -0.1) is 5.10 Å². The maximum absolute atomic E-state index is 11.7. The zero-order valence-electron chi connectivity index (χ0n) is 8.90. The number of methoxy groups -OCH3 is 1. The lowest BCUT2D eigenvalue weighted by atomic mass is 10.5. The number of ether oxygens (including phenoxy) is 2. The number of hydrogen-bond acceptors (Lipinski definition) is 5. The largest absolute Gasteiger partial charge is 0.464 e. The molecule has 0 atom stereocenters. The molecule has 0 fully saturated rings. The number of alkyl halides is 3. The van der Waals surface area contributed by atoms with Crippen molar-refractivity contribution in [2.75, 3.05) is 20.3 Å². The number of esters is 1. The Labute approximate surface area is 94.3 Å². The summed E-state index contributed by atoms with van der Waals surface area (Å²) in [6.07, 6.45) is -3.08. The van der Waals surface area contributed by atoms with E-state index in [1.807, 2.05) is 0 Å². The third-order valence-corrected chi connectivity index (χ3v) is 1.66. The lowest BCUT2D eigenvalue weighted by Gasteiger charge is -2.06. The highest BCUT2D eigenvalue weighted by Crippen LogP contribution is 2.14. The van der Waals surface area contributed by atoms with Gasteiger partial charge in [0.05, 0.1) is 26.5 Å². The molecule has 0 aliphatic rings. The normalized spacial score (nSPS) is 11.5. The zero-order valence-corrected chi connectivity index (χ0v) is 8.90. The van der Waals surface area contributed by atoms with Gasteiger partial charge in [-0.1, -0.05) is 5.21 Å². The van der Waals surface area contributed by atoms with Crippen molar-refractivity contribution in [2.24, 2.45) is 0 Å². The first-order chi connectivity index (χ1) is 7.92. The van der Waals surface area contributed by atoms with Crippen molar-refractivity contribution in [1.29, 1.82) is 0 Å². The second-order valence-electron chi connectivity index (χ2n) is 3.03. The SMILES string of the molecule is COC(=O)c1cn(CCOCC(F)(F)F)nn1. The van der Waals surface area contributed by atoms with Crippen LogP contribution in [0.15, 0.2) is 6.20 Å². The summed E-state index contributed by atoms with van der Waals surface area (Å²) >= 11 is 0. The van der Waals surface area contributed by atoms with E-state index in [9.17, 15) is 18.0 Å². The topological polar surface area (TPSA) is 66.2 Å². The summed E-state index contributed by atoms with van der Waals surface area (Å²) in [4.78, 5) is 11.0. The third-order valence-electron chi connectivity index (χ3n) is 1.66. The van der Waals surface area contributed by atoms with Gasteiger partial charge < -0.3 is 9.47 Å². The van der Waals surface area contributed by atoms with Crippen LogP contribution in [-0.4, -0.2) is 47.5 Å². The number of carbonyl (C=O) groups excluding carboxylic acids is 1. The van der Waals surface area contributed by atoms with Crippen molar-refractivity contribution < 1.29 is 27.4 Å². The van der Waals surface area contributed by atoms with Crippen molar-refractivity contribution in [2.45, 2.75) is 12.7 Å². The number of rotatable bonds is 5. The van der Waals surface area contributed by atoms with Gasteiger partial charge in [-0.3, -0.25) is 0 Å². The van der Waals surface area contributed by atoms with E-state index >= 15 is 0 Å². The van der Waals surface area contributed by atoms with Crippen LogP contribution in [0.4, 0.5) is 13.2 Å². The van der Waals surface area contributed by atoms with Crippen LogP contribution in [0.1, 0.15) is 10.5 Å². The predicted octanol–water partition coefficient (Wildman–Crippen LogP) is 0.644. The highest BCUT2D eigenvalue weighted by Gasteiger charge is 2.27. The minimum absolute atomic E-state index is 0.0108. The van der Waals surface area contributed by atoms with E-state index in [4.69, 9.17) is 0 Å². The molecule has 0 aliphatic heterocycles. The van der Waals surface area contributed by atoms with Gasteiger partial charge in [0, 0.05) is 0 Å². The van der Waals surface area contributed by atoms with Crippen LogP contribution in [0.25, 0.3) is 0 Å². The molecule has 0 saturated carbocycles. The second kappa shape index (κ2) is 5.62. The third kappa shape index (κ3) is 4.81. The predicted molar refractivity (Wildman–Crippen MR) is 48.2 cm³/mol. The number of aromatic nitrogens is 3. The molecule has 0 aromatic carbocycles. The van der Waals surface area contributed by atoms with Crippen molar-refractivity contribution in [3.05, 3.63) is 11.9 Å². The molecule has 0 spiro atoms. The van der Waals surface area contributed by atoms with Gasteiger partial charge in [0.1, 0.15) is 6.61 Å². The summed E-state index contributed by atoms with van der Waals surface area (Å²) in [5.41, 5.74) is -0.0108. The van der Waals surface area contributed by atoms with E-state index in [1.54, 1.807) is 0 Å². The lowest BCUT2D eigenvalue weighted by Crippen LogP contribution is -2.19. The number of halogens is 3. The quantitative estimate of drug-likeness (QED) is 0.569. The Balaban J connectivity index is 2.33. The van der Waals surface area contributed by atoms with Gasteiger partial charge in [0.25, 0.3) is 0 Å². The van der Waals surface area contributed by atoms with Crippen LogP contribution < -0.4 is 0 Å². The van der Waals surface area contributed by atoms with E-state index in [1.165, 1.54) is 18.0 Å². The smallest absolute Gasteiger partial charge is 0.411 e. The standard InChI is InChI=1S/C8H10F3N3O3/c1-16-7(15)6-4-14(13-12-6)2-3-17-5-8(9,10)11/h4H,2-3,5H2,1H3. The molecule has 0 radical (unpaired) electrons. The molecule has 9 heteroatoms. The van der Waals surface area contributed by atoms with E-state index in [0.717, 1.165) is 0 Å². The van der Waals surface area contributed by atoms with Crippen molar-refractivity contribution in [1.82, 2.24) is 15.0 Å². The molecule has 1 heterocycles. The molecule has 0 aliphatic carbocycles. The molecular weight excluding hydrogens is 243 g/mol. The Kier molecular flexibility index (Phi) is 4.44. The summed E-state index contributed by atoms with van der Waals surface area (Å²) in [6, 6.07) is 0. The number of nitrogens with zero attached hydrogens (tertiary/aromatic N) is 3. The molecule has 17 heavy (non-hydrogen) atoms. The monoisotopic (exact) mass is 253 g/mol. The summed E-state index contributed by atoms with van der Waals surface area (Å²) in [6.45, 7) is -1.42. The van der Waals surface area contributed by atoms with Gasteiger partial charge >= 0.3 is 12.1 Å². The van der Waals surface area contributed by atoms with Gasteiger partial charge in [0.2, 0.25) is 0 Å². The van der Waals surface area contributed by atoms with E-state index in [-0.39, 0.29) is 18.8 Å². The first kappa shape index (κ1) is 13.4. The summed E-state index contributed by atoms with van der Waals surface area (Å²) in [5, 5.41) is 7.00. The second-order valence-corrected chi connectivity index (χ2v) is 3.03. The van der Waals surface area contributed by atoms with Gasteiger partial charge in [-0.2, -0.15) is 13.2 Å². The number of hydrogen-bond donors (Lipinski definition) is 0. The molecule has 96 valence electrons. The summed E-state index contributed by atoms with van der Waals surface area (Å²) < 4.78 is 45.1. The Morgan fingerprint density at radius 2 is 2.24 bits per heavy atom. The van der Waals surface area contributed by atoms with Crippen LogP contribution >= 0.6 is 0 Å². The molecule has 1 aromatic heterocycles. The molecule has 1 aromatic rings. The highest BCUT2D eigenvalue weighted by molar-refractivity contribution is 5.86. The Bertz CT molecular complexity index is 378. The minimum atomic E-state index is -4.35. The Hall–Kier alpha value is -1.64. The van der Waals surface area contributed by atoms with Crippen molar-refractivity contribution >= 4 is 5.97 Å². The molecule has 0 bridgehead atoms. The van der Waals surface area contributed by atoms with Gasteiger partial charge in [0.15, 0.2) is 5.69 Å². The average Bonchev–Trinajstić information content (AvgIpc) is 2.70. The van der Waals surface area contributed by atoms with Gasteiger partial charge in [-0.25, -0.2) is 9.48 Å². The number of carbonyl (C=O) groups is 1. The van der Waals surface area contributed by atoms with Gasteiger partial charge in [-0.05, 0) is 0 Å². The average molecular weight is 253 g/mol. The maximum atomic E-state index is 11.7. The first-order valence-corrected chi connectivity index (χ1v) is 4.55. The highest BCUT2D eigenvalue weighted by atomic mass is 19.4. The van der Waals surface area contributed by atoms with Crippen LogP contribution in [0, 0.1) is 0 Å². The molecule has 0 saturated heterocycles. The first-order valence-electron chi connectivity index (χ1n) is 4.55. The molecule has 0 N–H and O–H groups in total. The molecular formula is C8H10F3N3O3. The minimum Gasteiger partial charge on any atom is -0.464 e. The fourth-order valence-electron chi connectivity index (χ4n) is 0.952. The summed E-state index contributed by atoms with van der Waals surface area (Å²) in [5.74, 6) is -0.660. The van der Waals surface area contributed by atoms with Crippen molar-refractivity contribution in [3.63, 3.8) is 0 Å². The van der Waals surface area contributed by atoms with E-state index in [2.05, 4.69) is 19.8 Å². The summed E-state index contributed by atoms with van der Waals surface area (Å²) in [7, 11) is 1.19. The lowest BCUT2D eigenvalue weighted by molar-refractivity contribution is -0.174. The van der Waals surface area contributed by atoms with Crippen LogP contribution in [0.3, 0.4) is 0 Å². The Morgan fingerprint density at radius 1 is 1.53 bits per heavy atom. The molecule has 1 rings (SSSR count). The molecule has 0 unspecified atom stereocenters. The van der Waals surface area contributed by atoms with Crippen LogP contribution in [0.2, 0.25) is 0 Å². The fraction of sp³-hybridized carbons (Fsp3) is 0.625. The maximum Gasteiger partial charge on any atom is 0.411 e. The molecule has 6 nitrogen and oxygen atoms in total. The Morgan fingerprint density at radius 3 is 2.82 bits per heavy atom.